The Hall–Kier alpha value is -13.0. The molecule has 4 aromatic carbocycles. The Morgan fingerprint density at radius 2 is 0.827 bits per heavy atom. The minimum atomic E-state index is -3.71. The SMILES string of the molecule is CC(=O)N(C)O.CC(=O)NO.CC(=O)NO.CC(=O)NO.CC(=O)NO.CC(C)C(=O)NO.CCC(=O)NO.COC(=O)NO.Cc1ccc(S(=O)(=O)NO)cc1.NC(=O)NO.NOC(=O)NO.O=C(NO)c1ccc(O)cc1.O=C(NO)c1ccccc1.O=CNO.O=COc1ccc(C(=O)NO)cc1.O=S(=O)=O. The Morgan fingerprint density at radius 1 is 0.518 bits per heavy atom. The number of hydrogen-bond donors (Lipinski definition) is 32. The van der Waals surface area contributed by atoms with Gasteiger partial charge in [-0.1, -0.05) is 61.6 Å². The molecule has 58 heteroatoms. The summed E-state index contributed by atoms with van der Waals surface area (Å²) in [6, 6.07) is 25.0. The van der Waals surface area contributed by atoms with Gasteiger partial charge in [-0.25, -0.2) is 99.1 Å². The minimum absolute atomic E-state index is 0.0515. The van der Waals surface area contributed by atoms with Crippen LogP contribution in [0.1, 0.15) is 98.4 Å². The van der Waals surface area contributed by atoms with E-state index in [-0.39, 0.29) is 46.3 Å². The molecule has 34 N–H and O–H groups in total. The molecule has 0 aliphatic heterocycles. The van der Waals surface area contributed by atoms with Crippen molar-refractivity contribution in [2.24, 2.45) is 17.5 Å². The molecule has 0 fully saturated rings. The number of aromatic hydroxyl groups is 1. The molecule has 56 nitrogen and oxygen atoms in total. The van der Waals surface area contributed by atoms with Crippen molar-refractivity contribution in [3.05, 3.63) is 125 Å². The summed E-state index contributed by atoms with van der Waals surface area (Å²) >= 11 is 0. The van der Waals surface area contributed by atoms with Gasteiger partial charge in [-0.15, -0.1) is 12.6 Å². The van der Waals surface area contributed by atoms with Crippen LogP contribution < -0.4 is 92.5 Å². The zero-order chi connectivity index (χ0) is 88.9. The van der Waals surface area contributed by atoms with Gasteiger partial charge in [0.1, 0.15) is 11.5 Å². The van der Waals surface area contributed by atoms with Crippen LogP contribution in [0.4, 0.5) is 14.4 Å². The summed E-state index contributed by atoms with van der Waals surface area (Å²) < 4.78 is 55.6. The lowest BCUT2D eigenvalue weighted by Crippen LogP contribution is -2.25. The molecule has 0 unspecified atom stereocenters. The summed E-state index contributed by atoms with van der Waals surface area (Å²) in [4.78, 5) is 151. The van der Waals surface area contributed by atoms with Crippen molar-refractivity contribution in [3.8, 4) is 11.5 Å². The molecule has 0 saturated carbocycles. The van der Waals surface area contributed by atoms with E-state index in [1.165, 1.54) is 167 Å². The van der Waals surface area contributed by atoms with E-state index < -0.39 is 80.2 Å². The van der Waals surface area contributed by atoms with Gasteiger partial charge in [0.05, 0.1) is 12.0 Å². The first-order valence-electron chi connectivity index (χ1n) is 27.3. The lowest BCUT2D eigenvalue weighted by atomic mass is 10.2. The number of phenols is 1. The Balaban J connectivity index is -0.0000000946. The van der Waals surface area contributed by atoms with E-state index in [2.05, 4.69) is 25.9 Å². The zero-order valence-corrected chi connectivity index (χ0v) is 60.9. The van der Waals surface area contributed by atoms with E-state index >= 15 is 0 Å². The number of nitrogens with zero attached hydrogens (tertiary/aromatic N) is 1. The van der Waals surface area contributed by atoms with Gasteiger partial charge < -0.3 is 30.4 Å². The molecule has 110 heavy (non-hydrogen) atoms. The maximum Gasteiger partial charge on any atom is 0.449 e. The first-order chi connectivity index (χ1) is 51.2. The van der Waals surface area contributed by atoms with E-state index in [4.69, 9.17) is 101 Å². The van der Waals surface area contributed by atoms with Crippen molar-refractivity contribution in [3.63, 3.8) is 0 Å². The van der Waals surface area contributed by atoms with E-state index in [0.717, 1.165) is 18.2 Å². The van der Waals surface area contributed by atoms with E-state index in [1.807, 2.05) is 6.92 Å². The Labute approximate surface area is 622 Å². The molecule has 0 aromatic heterocycles. The summed E-state index contributed by atoms with van der Waals surface area (Å²) in [5.41, 5.74) is 24.1. The van der Waals surface area contributed by atoms with Crippen molar-refractivity contribution in [1.29, 1.82) is 0 Å². The van der Waals surface area contributed by atoms with Crippen LogP contribution in [-0.2, 0) is 73.4 Å². The molecular formula is C52H89N17O39S2. The number of methoxy groups -OCH3 is 1. The number of hydrogen-bond acceptors (Lipinski definition) is 40. The second kappa shape index (κ2) is 88.4. The molecule has 0 radical (unpaired) electrons. The van der Waals surface area contributed by atoms with Gasteiger partial charge >= 0.3 is 28.8 Å². The molecule has 0 saturated heterocycles. The Kier molecular flexibility index (Phi) is 99.5. The van der Waals surface area contributed by atoms with Gasteiger partial charge in [0, 0.05) is 70.7 Å². The quantitative estimate of drug-likeness (QED) is 0.0410. The molecule has 0 spiro atoms. The van der Waals surface area contributed by atoms with E-state index in [1.54, 1.807) is 68.7 Å². The normalized spacial score (nSPS) is 8.18. The highest BCUT2D eigenvalue weighted by molar-refractivity contribution is 7.89. The van der Waals surface area contributed by atoms with Crippen molar-refractivity contribution >= 4 is 111 Å². The molecule has 628 valence electrons. The molecule has 4 aromatic rings. The number of ether oxygens (including phenoxy) is 2. The smallest absolute Gasteiger partial charge is 0.449 e. The van der Waals surface area contributed by atoms with Crippen LogP contribution in [0.25, 0.3) is 0 Å². The fourth-order valence-electron chi connectivity index (χ4n) is 3.19. The van der Waals surface area contributed by atoms with Gasteiger partial charge in [0.15, 0.2) is 0 Å². The van der Waals surface area contributed by atoms with Gasteiger partial charge in [-0.05, 0) is 79.7 Å². The number of nitrogens with one attached hydrogen (secondary N) is 14. The number of urea groups is 1. The summed E-state index contributed by atoms with van der Waals surface area (Å²) in [6.07, 6.45) is -1.42. The summed E-state index contributed by atoms with van der Waals surface area (Å²) in [6.45, 7) is 13.4. The molecule has 0 atom stereocenters. The van der Waals surface area contributed by atoms with Crippen molar-refractivity contribution < 1.29 is 190 Å². The minimum Gasteiger partial charge on any atom is -0.508 e. The predicted molar refractivity (Wildman–Crippen MR) is 354 cm³/mol. The molecule has 0 bridgehead atoms. The van der Waals surface area contributed by atoms with Crippen LogP contribution >= 0.6 is 0 Å². The van der Waals surface area contributed by atoms with Crippen molar-refractivity contribution in [2.45, 2.75) is 73.6 Å². The summed E-state index contributed by atoms with van der Waals surface area (Å²) in [5, 5.41) is 126. The molecule has 4 rings (SSSR count). The number of rotatable bonds is 10. The fourth-order valence-corrected chi connectivity index (χ4v) is 3.79. The predicted octanol–water partition coefficient (Wildman–Crippen LogP) is -3.86. The van der Waals surface area contributed by atoms with E-state index in [9.17, 15) is 75.5 Å². The third-order valence-corrected chi connectivity index (χ3v) is 9.16. The zero-order valence-electron chi connectivity index (χ0n) is 59.2. The monoisotopic (exact) mass is 1640 g/mol. The number of aryl methyl sites for hydroxylation is 1. The second-order valence-corrected chi connectivity index (χ2v) is 18.7. The van der Waals surface area contributed by atoms with Crippen LogP contribution in [0, 0.1) is 12.8 Å². The number of amides is 15. The summed E-state index contributed by atoms with van der Waals surface area (Å²) in [7, 11) is -4.38. The van der Waals surface area contributed by atoms with Crippen LogP contribution in [-0.4, -0.2) is 214 Å². The number of carbonyl (C=O) groups excluding carboxylic acids is 15. The largest absolute Gasteiger partial charge is 0.508 e. The second-order valence-electron chi connectivity index (χ2n) is 16.7. The molecular weight excluding hydrogens is 1550 g/mol. The van der Waals surface area contributed by atoms with Gasteiger partial charge in [-0.2, -0.15) is 5.90 Å². The lowest BCUT2D eigenvalue weighted by Gasteiger charge is -2.00. The van der Waals surface area contributed by atoms with Crippen LogP contribution in [0.3, 0.4) is 0 Å². The molecule has 0 aliphatic rings. The van der Waals surface area contributed by atoms with Crippen molar-refractivity contribution in [2.75, 3.05) is 14.2 Å². The number of benzene rings is 4. The Morgan fingerprint density at radius 3 is 0.991 bits per heavy atom. The number of phenolic OH excluding ortho intramolecular Hbond substituents is 1. The number of sulfonamides is 1. The third kappa shape index (κ3) is 108. The number of primary amides is 1. The Bertz CT molecular complexity index is 3230. The molecule has 15 amide bonds. The van der Waals surface area contributed by atoms with Gasteiger partial charge in [-0.3, -0.25) is 130 Å². The van der Waals surface area contributed by atoms with Crippen LogP contribution in [0.15, 0.2) is 108 Å². The number of hydroxylamine groups is 15. The van der Waals surface area contributed by atoms with E-state index in [0.29, 0.717) is 34.8 Å². The lowest BCUT2D eigenvalue weighted by molar-refractivity contribution is -0.156. The highest BCUT2D eigenvalue weighted by atomic mass is 32.2. The third-order valence-electron chi connectivity index (χ3n) is 8.03. The number of nitrogens with two attached hydrogens (primary N) is 2. The maximum absolute atomic E-state index is 11.0. The average Bonchev–Trinajstić information content (AvgIpc) is 0.769. The first kappa shape index (κ1) is 124. The highest BCUT2D eigenvalue weighted by Crippen LogP contribution is 2.12. The molecule has 0 heterocycles. The molecule has 0 aliphatic carbocycles. The average molecular weight is 1640 g/mol. The fraction of sp³-hybridized carbons (Fsp3) is 0.250. The first-order valence-corrected chi connectivity index (χ1v) is 29.8. The van der Waals surface area contributed by atoms with Gasteiger partial charge in [0.2, 0.25) is 47.8 Å². The highest BCUT2D eigenvalue weighted by Gasteiger charge is 2.11. The van der Waals surface area contributed by atoms with Crippen LogP contribution in [0.5, 0.6) is 11.5 Å². The van der Waals surface area contributed by atoms with Crippen molar-refractivity contribution in [1.82, 2.24) is 81.2 Å². The summed E-state index contributed by atoms with van der Waals surface area (Å²) in [5.74, 6) is -0.00502. The van der Waals surface area contributed by atoms with Crippen LogP contribution in [0.2, 0.25) is 0 Å². The standard InChI is InChI=1S/C8H7NO4.C7H9NO3S.C7H7NO3.C7H7NO2.C4H9NO2.2C3H7NO2.C2H5NO3.4C2H5NO2.CH4N2O3.CH4N2O2.CH3NO2.O3S/c10-5-13-7-3-1-6(2-4-7)8(11)9-12;1-6-2-4-7(5-3-6)12(10,11)8-9;9-6-3-1-5(2-4-6)7(10)8-11;9-7(8-10)6-4-2-1-3-5-6;1-3(2)4(6)5-7;1-3(5)4(2)6;1-2-3(5)4-6;1-6-2(4)3-5;4*1-2(4)3-5;2-6-1(4)3-5;2-1(4)3-5;3-1-2-4;1-4(2)3/h1-5,12H,(H,9,11);2-5,8-9H,1H3;1-4,9,11H,(H,8,10);1-5,10H,(H,8,9);3,7H,1-2H3,(H,5,6);6H,1-2H3;6H,2H2,1H3,(H,4,5);5H,1H3,(H,3,4);4*5H,1H3,(H,3,4);5H,2H2,(H,3,4);5H,(H3,2,3,4);1,4H,(H,2,3);. The topological polar surface area (TPSA) is 916 Å². The van der Waals surface area contributed by atoms with Gasteiger partial charge in [0.25, 0.3) is 34.2 Å². The number of carbonyl (C=O) groups is 15. The maximum atomic E-state index is 11.0.